The minimum atomic E-state index is -0.0796. The van der Waals surface area contributed by atoms with Gasteiger partial charge >= 0.3 is 0 Å². The number of ether oxygens (including phenoxy) is 1. The molecule has 1 amide bonds. The van der Waals surface area contributed by atoms with Gasteiger partial charge in [0, 0.05) is 12.1 Å². The summed E-state index contributed by atoms with van der Waals surface area (Å²) in [6.45, 7) is 4.80. The third-order valence-electron chi connectivity index (χ3n) is 3.92. The Morgan fingerprint density at radius 3 is 2.96 bits per heavy atom. The van der Waals surface area contributed by atoms with E-state index in [1.165, 1.54) is 11.8 Å². The molecule has 1 aromatic rings. The number of thioether (sulfide) groups is 1. The SMILES string of the molecule is CCCCN1C(=O)/C(=C/C2=Cc3ccccc3OC2C)SC1=S. The van der Waals surface area contributed by atoms with Gasteiger partial charge in [-0.15, -0.1) is 0 Å². The van der Waals surface area contributed by atoms with Crippen molar-refractivity contribution in [2.75, 3.05) is 6.54 Å². The molecule has 0 aromatic heterocycles. The molecule has 1 unspecified atom stereocenters. The van der Waals surface area contributed by atoms with Crippen LogP contribution < -0.4 is 4.74 Å². The summed E-state index contributed by atoms with van der Waals surface area (Å²) in [7, 11) is 0. The van der Waals surface area contributed by atoms with E-state index in [1.807, 2.05) is 37.3 Å². The van der Waals surface area contributed by atoms with Crippen LogP contribution >= 0.6 is 24.0 Å². The monoisotopic (exact) mass is 345 g/mol. The van der Waals surface area contributed by atoms with Crippen LogP contribution in [0, 0.1) is 0 Å². The predicted molar refractivity (Wildman–Crippen MR) is 99.4 cm³/mol. The number of rotatable bonds is 4. The Kier molecular flexibility index (Phi) is 4.87. The van der Waals surface area contributed by atoms with Crippen molar-refractivity contribution < 1.29 is 9.53 Å². The first-order chi connectivity index (χ1) is 11.1. The Labute approximate surface area is 146 Å². The van der Waals surface area contributed by atoms with Gasteiger partial charge in [0.25, 0.3) is 5.91 Å². The maximum Gasteiger partial charge on any atom is 0.266 e. The lowest BCUT2D eigenvalue weighted by Crippen LogP contribution is -2.29. The van der Waals surface area contributed by atoms with Crippen LogP contribution in [-0.2, 0) is 4.79 Å². The van der Waals surface area contributed by atoms with Crippen molar-refractivity contribution in [2.45, 2.75) is 32.8 Å². The number of nitrogens with zero attached hydrogens (tertiary/aromatic N) is 1. The molecule has 0 aliphatic carbocycles. The molecule has 5 heteroatoms. The minimum Gasteiger partial charge on any atom is -0.485 e. The van der Waals surface area contributed by atoms with Crippen LogP contribution in [0.4, 0.5) is 0 Å². The number of thiocarbonyl (C=S) groups is 1. The Bertz CT molecular complexity index is 709. The van der Waals surface area contributed by atoms with Crippen LogP contribution in [0.15, 0.2) is 40.8 Å². The quantitative estimate of drug-likeness (QED) is 0.598. The first-order valence-corrected chi connectivity index (χ1v) is 9.05. The van der Waals surface area contributed by atoms with E-state index in [9.17, 15) is 4.79 Å². The highest BCUT2D eigenvalue weighted by Crippen LogP contribution is 2.35. The van der Waals surface area contributed by atoms with Crippen molar-refractivity contribution in [3.8, 4) is 5.75 Å². The summed E-state index contributed by atoms with van der Waals surface area (Å²) in [4.78, 5) is 14.9. The van der Waals surface area contributed by atoms with E-state index in [0.717, 1.165) is 29.7 Å². The molecule has 0 spiro atoms. The van der Waals surface area contributed by atoms with Gasteiger partial charge in [-0.05, 0) is 37.1 Å². The Morgan fingerprint density at radius 2 is 2.17 bits per heavy atom. The molecule has 120 valence electrons. The lowest BCUT2D eigenvalue weighted by atomic mass is 10.0. The van der Waals surface area contributed by atoms with Gasteiger partial charge in [-0.2, -0.15) is 0 Å². The molecule has 1 saturated heterocycles. The second kappa shape index (κ2) is 6.89. The highest BCUT2D eigenvalue weighted by atomic mass is 32.2. The normalized spacial score (nSPS) is 22.2. The second-order valence-electron chi connectivity index (χ2n) is 5.63. The molecule has 1 aromatic carbocycles. The smallest absolute Gasteiger partial charge is 0.266 e. The van der Waals surface area contributed by atoms with Gasteiger partial charge in [-0.3, -0.25) is 9.69 Å². The maximum absolute atomic E-state index is 12.5. The minimum absolute atomic E-state index is 0.0143. The molecule has 0 radical (unpaired) electrons. The second-order valence-corrected chi connectivity index (χ2v) is 7.30. The third kappa shape index (κ3) is 3.35. The fourth-order valence-electron chi connectivity index (χ4n) is 2.58. The third-order valence-corrected chi connectivity index (χ3v) is 5.30. The summed E-state index contributed by atoms with van der Waals surface area (Å²) in [6.07, 6.45) is 5.94. The number of carbonyl (C=O) groups excluding carboxylic acids is 1. The topological polar surface area (TPSA) is 29.5 Å². The molecule has 0 saturated carbocycles. The molecule has 0 bridgehead atoms. The number of hydrogen-bond donors (Lipinski definition) is 0. The number of carbonyl (C=O) groups is 1. The molecule has 2 aliphatic rings. The van der Waals surface area contributed by atoms with E-state index in [1.54, 1.807) is 4.90 Å². The van der Waals surface area contributed by atoms with Crippen molar-refractivity contribution in [1.29, 1.82) is 0 Å². The fourth-order valence-corrected chi connectivity index (χ4v) is 3.89. The molecule has 2 heterocycles. The highest BCUT2D eigenvalue weighted by molar-refractivity contribution is 8.26. The number of benzene rings is 1. The van der Waals surface area contributed by atoms with Gasteiger partial charge < -0.3 is 4.74 Å². The molecule has 3 rings (SSSR count). The Hall–Kier alpha value is -1.59. The molecule has 0 N–H and O–H groups in total. The Balaban J connectivity index is 1.86. The van der Waals surface area contributed by atoms with Crippen LogP contribution in [-0.4, -0.2) is 27.8 Å². The van der Waals surface area contributed by atoms with E-state index in [-0.39, 0.29) is 12.0 Å². The molecule has 23 heavy (non-hydrogen) atoms. The fraction of sp³-hybridized carbons (Fsp3) is 0.333. The molecular formula is C18H19NO2S2. The van der Waals surface area contributed by atoms with Crippen LogP contribution in [0.25, 0.3) is 6.08 Å². The molecule has 3 nitrogen and oxygen atoms in total. The maximum atomic E-state index is 12.5. The number of amides is 1. The van der Waals surface area contributed by atoms with Crippen molar-refractivity contribution in [3.05, 3.63) is 46.4 Å². The summed E-state index contributed by atoms with van der Waals surface area (Å²) < 4.78 is 6.58. The lowest BCUT2D eigenvalue weighted by molar-refractivity contribution is -0.122. The molecule has 2 aliphatic heterocycles. The summed E-state index contributed by atoms with van der Waals surface area (Å²) in [5.41, 5.74) is 2.04. The average molecular weight is 345 g/mol. The lowest BCUT2D eigenvalue weighted by Gasteiger charge is -2.23. The van der Waals surface area contributed by atoms with Gasteiger partial charge in [0.1, 0.15) is 16.2 Å². The number of hydrogen-bond acceptors (Lipinski definition) is 4. The van der Waals surface area contributed by atoms with Crippen LogP contribution in [0.5, 0.6) is 5.75 Å². The molecular weight excluding hydrogens is 326 g/mol. The molecule has 1 fully saturated rings. The summed E-state index contributed by atoms with van der Waals surface area (Å²) >= 11 is 6.73. The number of fused-ring (bicyclic) bond motifs is 1. The molecule has 1 atom stereocenters. The first-order valence-electron chi connectivity index (χ1n) is 7.82. The average Bonchev–Trinajstić information content (AvgIpc) is 2.80. The summed E-state index contributed by atoms with van der Waals surface area (Å²) in [5, 5.41) is 0. The largest absolute Gasteiger partial charge is 0.485 e. The van der Waals surface area contributed by atoms with Crippen LogP contribution in [0.1, 0.15) is 32.3 Å². The van der Waals surface area contributed by atoms with E-state index in [2.05, 4.69) is 13.0 Å². The number of para-hydroxylation sites is 1. The van der Waals surface area contributed by atoms with Crippen LogP contribution in [0.2, 0.25) is 0 Å². The van der Waals surface area contributed by atoms with Crippen molar-refractivity contribution in [2.24, 2.45) is 0 Å². The summed E-state index contributed by atoms with van der Waals surface area (Å²) in [6, 6.07) is 7.92. The van der Waals surface area contributed by atoms with Gasteiger partial charge in [0.15, 0.2) is 0 Å². The van der Waals surface area contributed by atoms with E-state index in [4.69, 9.17) is 17.0 Å². The van der Waals surface area contributed by atoms with Crippen molar-refractivity contribution in [1.82, 2.24) is 4.90 Å². The number of unbranched alkanes of at least 4 members (excludes halogenated alkanes) is 1. The van der Waals surface area contributed by atoms with Gasteiger partial charge in [-0.1, -0.05) is 55.5 Å². The van der Waals surface area contributed by atoms with Gasteiger partial charge in [-0.25, -0.2) is 0 Å². The van der Waals surface area contributed by atoms with Gasteiger partial charge in [0.2, 0.25) is 0 Å². The standard InChI is InChI=1S/C18H19NO2S2/c1-3-4-9-19-17(20)16(23-18(19)22)11-14-10-13-7-5-6-8-15(13)21-12(14)2/h5-8,10-12H,3-4,9H2,1-2H3/b16-11-. The van der Waals surface area contributed by atoms with E-state index >= 15 is 0 Å². The summed E-state index contributed by atoms with van der Waals surface area (Å²) in [5.74, 6) is 0.896. The van der Waals surface area contributed by atoms with Gasteiger partial charge in [0.05, 0.1) is 4.91 Å². The van der Waals surface area contributed by atoms with Crippen molar-refractivity contribution >= 4 is 40.3 Å². The zero-order valence-electron chi connectivity index (χ0n) is 13.2. The van der Waals surface area contributed by atoms with E-state index in [0.29, 0.717) is 15.8 Å². The zero-order valence-corrected chi connectivity index (χ0v) is 14.9. The zero-order chi connectivity index (χ0) is 16.4. The van der Waals surface area contributed by atoms with Crippen molar-refractivity contribution in [3.63, 3.8) is 0 Å². The predicted octanol–water partition coefficient (Wildman–Crippen LogP) is 4.40. The highest BCUT2D eigenvalue weighted by Gasteiger charge is 2.32. The first kappa shape index (κ1) is 16.3. The Morgan fingerprint density at radius 1 is 1.39 bits per heavy atom. The van der Waals surface area contributed by atoms with E-state index < -0.39 is 0 Å². The van der Waals surface area contributed by atoms with Crippen LogP contribution in [0.3, 0.4) is 0 Å².